The first kappa shape index (κ1) is 18.6. The molecule has 1 saturated heterocycles. The molecule has 0 bridgehead atoms. The number of hydrogen-bond acceptors (Lipinski definition) is 4. The third-order valence-electron chi connectivity index (χ3n) is 4.76. The molecule has 1 aromatic heterocycles. The van der Waals surface area contributed by atoms with Gasteiger partial charge in [0.1, 0.15) is 5.82 Å². The summed E-state index contributed by atoms with van der Waals surface area (Å²) in [7, 11) is 0. The number of aryl methyl sites for hydroxylation is 1. The number of anilines is 2. The van der Waals surface area contributed by atoms with Crippen LogP contribution in [0.25, 0.3) is 0 Å². The lowest BCUT2D eigenvalue weighted by Crippen LogP contribution is -2.28. The largest absolute Gasteiger partial charge is 0.307 e. The highest BCUT2D eigenvalue weighted by Gasteiger charge is 2.30. The fourth-order valence-corrected chi connectivity index (χ4v) is 3.34. The molecule has 2 aromatic carbocycles. The lowest BCUT2D eigenvalue weighted by molar-refractivity contribution is -0.121. The third kappa shape index (κ3) is 3.94. The zero-order valence-electron chi connectivity index (χ0n) is 16.0. The van der Waals surface area contributed by atoms with E-state index in [0.29, 0.717) is 23.6 Å². The van der Waals surface area contributed by atoms with Crippen LogP contribution in [0.1, 0.15) is 34.5 Å². The summed E-state index contributed by atoms with van der Waals surface area (Å²) in [4.78, 5) is 37.6. The number of carbonyl (C=O) groups is 3. The number of nitrogens with one attached hydrogen (secondary N) is 1. The summed E-state index contributed by atoms with van der Waals surface area (Å²) < 4.78 is 1.75. The van der Waals surface area contributed by atoms with E-state index in [1.54, 1.807) is 28.9 Å². The highest BCUT2D eigenvalue weighted by molar-refractivity contribution is 6.20. The normalized spacial score (nSPS) is 13.8. The van der Waals surface area contributed by atoms with Crippen LogP contribution in [0.5, 0.6) is 0 Å². The molecule has 2 heterocycles. The minimum absolute atomic E-state index is 0.215. The molecule has 4 rings (SSSR count). The number of amides is 3. The van der Waals surface area contributed by atoms with E-state index in [-0.39, 0.29) is 30.6 Å². The van der Waals surface area contributed by atoms with Crippen LogP contribution in [0.15, 0.2) is 60.7 Å². The average Bonchev–Trinajstić information content (AvgIpc) is 3.23. The van der Waals surface area contributed by atoms with E-state index in [4.69, 9.17) is 0 Å². The van der Waals surface area contributed by atoms with Gasteiger partial charge in [0.2, 0.25) is 11.8 Å². The maximum absolute atomic E-state index is 12.7. The van der Waals surface area contributed by atoms with Crippen LogP contribution in [-0.4, -0.2) is 27.5 Å². The number of hydrogen-bond donors (Lipinski definition) is 1. The Hall–Kier alpha value is -3.74. The van der Waals surface area contributed by atoms with Gasteiger partial charge in [-0.3, -0.25) is 19.3 Å². The molecule has 0 spiro atoms. The molecule has 29 heavy (non-hydrogen) atoms. The number of aromatic nitrogens is 2. The number of rotatable bonds is 5. The maximum Gasteiger partial charge on any atom is 0.256 e. The molecule has 7 heteroatoms. The Morgan fingerprint density at radius 3 is 2.31 bits per heavy atom. The van der Waals surface area contributed by atoms with Gasteiger partial charge in [-0.2, -0.15) is 5.10 Å². The Labute approximate surface area is 167 Å². The predicted molar refractivity (Wildman–Crippen MR) is 109 cm³/mol. The van der Waals surface area contributed by atoms with Crippen molar-refractivity contribution in [2.24, 2.45) is 0 Å². The number of benzene rings is 2. The Morgan fingerprint density at radius 1 is 1.00 bits per heavy atom. The van der Waals surface area contributed by atoms with Crippen molar-refractivity contribution in [3.63, 3.8) is 0 Å². The standard InChI is InChI=1S/C22H20N4O3/c1-15-13-19(25(24-15)14-16-5-3-2-4-6-16)23-22(29)17-7-9-18(10-8-17)26-20(27)11-12-21(26)28/h2-10,13H,11-12,14H2,1H3,(H,23,29). The van der Waals surface area contributed by atoms with Crippen LogP contribution >= 0.6 is 0 Å². The third-order valence-corrected chi connectivity index (χ3v) is 4.76. The molecule has 1 fully saturated rings. The van der Waals surface area contributed by atoms with Crippen molar-refractivity contribution in [2.45, 2.75) is 26.3 Å². The molecule has 3 amide bonds. The number of nitrogens with zero attached hydrogens (tertiary/aromatic N) is 3. The fraction of sp³-hybridized carbons (Fsp3) is 0.182. The first-order valence-corrected chi connectivity index (χ1v) is 9.37. The molecule has 0 aliphatic carbocycles. The van der Waals surface area contributed by atoms with Crippen LogP contribution in [0.2, 0.25) is 0 Å². The SMILES string of the molecule is Cc1cc(NC(=O)c2ccc(N3C(=O)CCC3=O)cc2)n(Cc2ccccc2)n1. The van der Waals surface area contributed by atoms with Gasteiger partial charge in [0, 0.05) is 24.5 Å². The van der Waals surface area contributed by atoms with Gasteiger partial charge in [-0.1, -0.05) is 30.3 Å². The summed E-state index contributed by atoms with van der Waals surface area (Å²) in [6.45, 7) is 2.42. The number of imide groups is 1. The summed E-state index contributed by atoms with van der Waals surface area (Å²) in [5.41, 5.74) is 2.80. The van der Waals surface area contributed by atoms with Gasteiger partial charge in [-0.25, -0.2) is 4.68 Å². The van der Waals surface area contributed by atoms with E-state index in [1.807, 2.05) is 43.3 Å². The Kier molecular flexibility index (Phi) is 4.95. The summed E-state index contributed by atoms with van der Waals surface area (Å²) >= 11 is 0. The first-order valence-electron chi connectivity index (χ1n) is 9.37. The van der Waals surface area contributed by atoms with Gasteiger partial charge < -0.3 is 5.32 Å². The van der Waals surface area contributed by atoms with Crippen molar-refractivity contribution >= 4 is 29.2 Å². The predicted octanol–water partition coefficient (Wildman–Crippen LogP) is 3.15. The van der Waals surface area contributed by atoms with Crippen LogP contribution in [0.3, 0.4) is 0 Å². The molecule has 0 saturated carbocycles. The highest BCUT2D eigenvalue weighted by atomic mass is 16.2. The molecular weight excluding hydrogens is 368 g/mol. The minimum Gasteiger partial charge on any atom is -0.307 e. The Morgan fingerprint density at radius 2 is 1.66 bits per heavy atom. The van der Waals surface area contributed by atoms with Crippen molar-refractivity contribution in [3.05, 3.63) is 77.5 Å². The van der Waals surface area contributed by atoms with E-state index in [2.05, 4.69) is 10.4 Å². The lowest BCUT2D eigenvalue weighted by Gasteiger charge is -2.14. The summed E-state index contributed by atoms with van der Waals surface area (Å²) in [5.74, 6) is -0.116. The van der Waals surface area contributed by atoms with E-state index in [0.717, 1.165) is 11.3 Å². The summed E-state index contributed by atoms with van der Waals surface area (Å²) in [5, 5.41) is 7.34. The molecular formula is C22H20N4O3. The zero-order valence-corrected chi connectivity index (χ0v) is 16.0. The van der Waals surface area contributed by atoms with Crippen LogP contribution < -0.4 is 10.2 Å². The highest BCUT2D eigenvalue weighted by Crippen LogP contribution is 2.23. The van der Waals surface area contributed by atoms with Gasteiger partial charge in [0.25, 0.3) is 5.91 Å². The van der Waals surface area contributed by atoms with Crippen LogP contribution in [0, 0.1) is 6.92 Å². The van der Waals surface area contributed by atoms with Crippen molar-refractivity contribution in [1.29, 1.82) is 0 Å². The summed E-state index contributed by atoms with van der Waals surface area (Å²) in [6.07, 6.45) is 0.456. The molecule has 1 aliphatic rings. The smallest absolute Gasteiger partial charge is 0.256 e. The monoisotopic (exact) mass is 388 g/mol. The Balaban J connectivity index is 1.50. The van der Waals surface area contributed by atoms with E-state index in [1.165, 1.54) is 4.90 Å². The molecule has 146 valence electrons. The Bertz CT molecular complexity index is 1060. The average molecular weight is 388 g/mol. The van der Waals surface area contributed by atoms with E-state index < -0.39 is 0 Å². The molecule has 1 aliphatic heterocycles. The molecule has 0 atom stereocenters. The zero-order chi connectivity index (χ0) is 20.4. The van der Waals surface area contributed by atoms with Crippen LogP contribution in [0.4, 0.5) is 11.5 Å². The lowest BCUT2D eigenvalue weighted by atomic mass is 10.2. The molecule has 7 nitrogen and oxygen atoms in total. The first-order chi connectivity index (χ1) is 14.0. The second-order valence-electron chi connectivity index (χ2n) is 6.94. The van der Waals surface area contributed by atoms with Gasteiger partial charge >= 0.3 is 0 Å². The van der Waals surface area contributed by atoms with Gasteiger partial charge in [-0.15, -0.1) is 0 Å². The van der Waals surface area contributed by atoms with Gasteiger partial charge in [0.15, 0.2) is 0 Å². The molecule has 0 radical (unpaired) electrons. The van der Waals surface area contributed by atoms with E-state index >= 15 is 0 Å². The minimum atomic E-state index is -0.287. The fourth-order valence-electron chi connectivity index (χ4n) is 3.34. The summed E-state index contributed by atoms with van der Waals surface area (Å²) in [6, 6.07) is 18.1. The second kappa shape index (κ2) is 7.71. The van der Waals surface area contributed by atoms with Crippen molar-refractivity contribution in [2.75, 3.05) is 10.2 Å². The number of carbonyl (C=O) groups excluding carboxylic acids is 3. The molecule has 3 aromatic rings. The van der Waals surface area contributed by atoms with Crippen molar-refractivity contribution in [1.82, 2.24) is 9.78 Å². The van der Waals surface area contributed by atoms with Crippen molar-refractivity contribution < 1.29 is 14.4 Å². The van der Waals surface area contributed by atoms with Gasteiger partial charge in [-0.05, 0) is 36.8 Å². The second-order valence-corrected chi connectivity index (χ2v) is 6.94. The van der Waals surface area contributed by atoms with E-state index in [9.17, 15) is 14.4 Å². The van der Waals surface area contributed by atoms with Gasteiger partial charge in [0.05, 0.1) is 17.9 Å². The van der Waals surface area contributed by atoms with Crippen molar-refractivity contribution in [3.8, 4) is 0 Å². The molecule has 1 N–H and O–H groups in total. The molecule has 0 unspecified atom stereocenters. The maximum atomic E-state index is 12.7. The van der Waals surface area contributed by atoms with Crippen LogP contribution in [-0.2, 0) is 16.1 Å². The topological polar surface area (TPSA) is 84.3 Å². The quantitative estimate of drug-likeness (QED) is 0.681.